The summed E-state index contributed by atoms with van der Waals surface area (Å²) in [5, 5.41) is 1.60. The van der Waals surface area contributed by atoms with Gasteiger partial charge in [-0.2, -0.15) is 26.3 Å². The Kier molecular flexibility index (Phi) is 10.3. The molecule has 2 amide bonds. The van der Waals surface area contributed by atoms with Crippen molar-refractivity contribution in [3.63, 3.8) is 0 Å². The molecule has 0 spiro atoms. The third-order valence-corrected chi connectivity index (χ3v) is 7.13. The molecule has 1 atom stereocenters. The second-order valence-electron chi connectivity index (χ2n) is 9.93. The van der Waals surface area contributed by atoms with E-state index in [9.17, 15) is 53.1 Å². The van der Waals surface area contributed by atoms with Gasteiger partial charge >= 0.3 is 12.4 Å². The summed E-state index contributed by atoms with van der Waals surface area (Å²) in [5.74, 6) is -5.09. The van der Waals surface area contributed by atoms with Gasteiger partial charge in [0.05, 0.1) is 12.9 Å². The number of unbranched alkanes of at least 4 members (excludes halogenated alkanes) is 2. The zero-order chi connectivity index (χ0) is 33.1. The van der Waals surface area contributed by atoms with Crippen molar-refractivity contribution >= 4 is 27.4 Å². The fourth-order valence-corrected chi connectivity index (χ4v) is 4.98. The SMILES string of the molecule is CS(=O)(=O)NC(=O)C1=C(c2ccc(C(F)F)cc2)C[C@](c2ccc(OCCCCCC(F)(F)F)cc2F)(C(F)(F)F)NC1=O. The lowest BCUT2D eigenvalue weighted by Crippen LogP contribution is -2.60. The molecule has 1 aliphatic rings. The van der Waals surface area contributed by atoms with Gasteiger partial charge in [0.2, 0.25) is 10.0 Å². The number of ether oxygens (including phenoxy) is 1. The van der Waals surface area contributed by atoms with E-state index in [0.717, 1.165) is 30.3 Å². The van der Waals surface area contributed by atoms with Crippen LogP contribution in [0.25, 0.3) is 5.57 Å². The Morgan fingerprint density at radius 3 is 2.18 bits per heavy atom. The second-order valence-corrected chi connectivity index (χ2v) is 11.7. The van der Waals surface area contributed by atoms with Crippen LogP contribution in [0.4, 0.5) is 39.5 Å². The van der Waals surface area contributed by atoms with Gasteiger partial charge in [-0.3, -0.25) is 9.59 Å². The third kappa shape index (κ3) is 8.45. The lowest BCUT2D eigenvalue weighted by Gasteiger charge is -2.41. The lowest BCUT2D eigenvalue weighted by molar-refractivity contribution is -0.202. The van der Waals surface area contributed by atoms with E-state index < -0.39 is 87.1 Å². The number of hydrogen-bond acceptors (Lipinski definition) is 5. The van der Waals surface area contributed by atoms with Crippen LogP contribution in [0.5, 0.6) is 5.75 Å². The predicted molar refractivity (Wildman–Crippen MR) is 138 cm³/mol. The molecular formula is C27H25F9N2O5S. The molecule has 0 bridgehead atoms. The van der Waals surface area contributed by atoms with E-state index in [1.807, 2.05) is 0 Å². The second kappa shape index (κ2) is 13.1. The molecule has 1 heterocycles. The van der Waals surface area contributed by atoms with Gasteiger partial charge in [-0.1, -0.05) is 24.3 Å². The Labute approximate surface area is 245 Å². The Bertz CT molecular complexity index is 1520. The molecule has 17 heteroatoms. The molecular weight excluding hydrogens is 635 g/mol. The summed E-state index contributed by atoms with van der Waals surface area (Å²) in [7, 11) is -4.32. The molecule has 1 aliphatic heterocycles. The molecule has 2 aromatic carbocycles. The van der Waals surface area contributed by atoms with Gasteiger partial charge < -0.3 is 10.1 Å². The molecule has 0 saturated carbocycles. The van der Waals surface area contributed by atoms with Gasteiger partial charge in [-0.15, -0.1) is 0 Å². The van der Waals surface area contributed by atoms with Gasteiger partial charge in [0.1, 0.15) is 17.1 Å². The number of nitrogens with one attached hydrogen (secondary N) is 2. The molecule has 44 heavy (non-hydrogen) atoms. The Balaban J connectivity index is 2.02. The molecule has 7 nitrogen and oxygen atoms in total. The summed E-state index contributed by atoms with van der Waals surface area (Å²) in [6.07, 6.45) is -14.5. The van der Waals surface area contributed by atoms with Gasteiger partial charge in [-0.05, 0) is 42.5 Å². The maximum Gasteiger partial charge on any atom is 0.416 e. The van der Waals surface area contributed by atoms with Crippen molar-refractivity contribution in [2.45, 2.75) is 56.4 Å². The van der Waals surface area contributed by atoms with E-state index in [1.165, 1.54) is 4.72 Å². The lowest BCUT2D eigenvalue weighted by atomic mass is 9.76. The highest BCUT2D eigenvalue weighted by Crippen LogP contribution is 2.49. The normalized spacial score (nSPS) is 17.9. The van der Waals surface area contributed by atoms with E-state index in [1.54, 1.807) is 5.32 Å². The number of benzene rings is 2. The first-order chi connectivity index (χ1) is 20.2. The summed E-state index contributed by atoms with van der Waals surface area (Å²) < 4.78 is 153. The quantitative estimate of drug-likeness (QED) is 0.173. The van der Waals surface area contributed by atoms with Crippen molar-refractivity contribution in [3.8, 4) is 5.75 Å². The van der Waals surface area contributed by atoms with E-state index in [2.05, 4.69) is 0 Å². The maximum absolute atomic E-state index is 15.3. The van der Waals surface area contributed by atoms with Crippen LogP contribution in [0, 0.1) is 5.82 Å². The molecule has 0 aromatic heterocycles. The highest BCUT2D eigenvalue weighted by molar-refractivity contribution is 7.89. The molecule has 2 N–H and O–H groups in total. The molecule has 0 saturated heterocycles. The molecule has 242 valence electrons. The minimum absolute atomic E-state index is 0.117. The molecule has 0 fully saturated rings. The summed E-state index contributed by atoms with van der Waals surface area (Å²) in [5.41, 5.74) is -7.25. The van der Waals surface area contributed by atoms with Gasteiger partial charge in [-0.25, -0.2) is 26.3 Å². The molecule has 3 rings (SSSR count). The van der Waals surface area contributed by atoms with Crippen molar-refractivity contribution < 1.29 is 62.3 Å². The topological polar surface area (TPSA) is 102 Å². The fourth-order valence-electron chi connectivity index (χ4n) is 4.54. The summed E-state index contributed by atoms with van der Waals surface area (Å²) >= 11 is 0. The van der Waals surface area contributed by atoms with Crippen LogP contribution in [0.3, 0.4) is 0 Å². The average Bonchev–Trinajstić information content (AvgIpc) is 2.88. The monoisotopic (exact) mass is 660 g/mol. The minimum Gasteiger partial charge on any atom is -0.493 e. The third-order valence-electron chi connectivity index (χ3n) is 6.57. The Morgan fingerprint density at radius 1 is 1.02 bits per heavy atom. The number of rotatable bonds is 11. The van der Waals surface area contributed by atoms with E-state index in [4.69, 9.17) is 4.74 Å². The molecule has 0 radical (unpaired) electrons. The van der Waals surface area contributed by atoms with Gasteiger partial charge in [0.25, 0.3) is 18.2 Å². The van der Waals surface area contributed by atoms with Crippen molar-refractivity contribution in [2.75, 3.05) is 12.9 Å². The van der Waals surface area contributed by atoms with Crippen LogP contribution in [-0.2, 0) is 25.2 Å². The maximum atomic E-state index is 15.3. The summed E-state index contributed by atoms with van der Waals surface area (Å²) in [4.78, 5) is 25.9. The number of sulfonamides is 1. The predicted octanol–water partition coefficient (Wildman–Crippen LogP) is 6.07. The van der Waals surface area contributed by atoms with E-state index in [0.29, 0.717) is 18.4 Å². The van der Waals surface area contributed by atoms with Crippen LogP contribution in [-0.4, -0.2) is 45.4 Å². The highest BCUT2D eigenvalue weighted by Gasteiger charge is 2.61. The molecule has 2 aromatic rings. The highest BCUT2D eigenvalue weighted by atomic mass is 32.2. The smallest absolute Gasteiger partial charge is 0.416 e. The van der Waals surface area contributed by atoms with E-state index in [-0.39, 0.29) is 37.2 Å². The van der Waals surface area contributed by atoms with Crippen LogP contribution >= 0.6 is 0 Å². The van der Waals surface area contributed by atoms with Crippen molar-refractivity contribution in [2.24, 2.45) is 0 Å². The van der Waals surface area contributed by atoms with Crippen LogP contribution < -0.4 is 14.8 Å². The van der Waals surface area contributed by atoms with Crippen molar-refractivity contribution in [1.82, 2.24) is 10.0 Å². The number of alkyl halides is 8. The first-order valence-electron chi connectivity index (χ1n) is 12.8. The molecule has 0 aliphatic carbocycles. The van der Waals surface area contributed by atoms with Gasteiger partial charge in [0, 0.05) is 30.0 Å². The van der Waals surface area contributed by atoms with Gasteiger partial charge in [0.15, 0.2) is 5.54 Å². The summed E-state index contributed by atoms with van der Waals surface area (Å²) in [6.45, 7) is -0.169. The average molecular weight is 661 g/mol. The van der Waals surface area contributed by atoms with Crippen molar-refractivity contribution in [3.05, 3.63) is 70.5 Å². The first-order valence-corrected chi connectivity index (χ1v) is 14.7. The standard InChI is InChI=1S/C27H25F9N2O5S/c1-44(41,42)38-24(40)21-18(15-5-7-16(8-6-15)22(29)30)14-25(27(34,35)36,37-23(21)39)19-10-9-17(13-20(19)28)43-12-4-2-3-11-26(31,32)33/h5-10,13,22H,2-4,11-12,14H2,1H3,(H,37,39)(H,38,40)/t25-/m0/s1. The Morgan fingerprint density at radius 2 is 1.66 bits per heavy atom. The Hall–Kier alpha value is -3.76. The zero-order valence-electron chi connectivity index (χ0n) is 22.7. The van der Waals surface area contributed by atoms with E-state index >= 15 is 4.39 Å². The number of carbonyl (C=O) groups is 2. The number of amides is 2. The largest absolute Gasteiger partial charge is 0.493 e. The number of halogens is 9. The zero-order valence-corrected chi connectivity index (χ0v) is 23.5. The molecule has 0 unspecified atom stereocenters. The minimum atomic E-state index is -5.43. The number of carbonyl (C=O) groups excluding carboxylic acids is 2. The van der Waals surface area contributed by atoms with Crippen LogP contribution in [0.2, 0.25) is 0 Å². The van der Waals surface area contributed by atoms with Crippen LogP contribution in [0.15, 0.2) is 48.0 Å². The van der Waals surface area contributed by atoms with Crippen LogP contribution in [0.1, 0.15) is 55.2 Å². The summed E-state index contributed by atoms with van der Waals surface area (Å²) in [6, 6.07) is 5.67. The fraction of sp³-hybridized carbons (Fsp3) is 0.407. The van der Waals surface area contributed by atoms with Crippen molar-refractivity contribution in [1.29, 1.82) is 0 Å². The first kappa shape index (κ1) is 34.7. The number of hydrogen-bond donors (Lipinski definition) is 2.